The van der Waals surface area contributed by atoms with Gasteiger partial charge in [0.25, 0.3) is 0 Å². The molecule has 0 spiro atoms. The lowest BCUT2D eigenvalue weighted by atomic mass is 9.92. The van der Waals surface area contributed by atoms with Crippen molar-refractivity contribution in [1.29, 1.82) is 0 Å². The normalized spacial score (nSPS) is 17.9. The van der Waals surface area contributed by atoms with Crippen molar-refractivity contribution < 1.29 is 13.2 Å². The Balaban J connectivity index is 1.42. The lowest BCUT2D eigenvalue weighted by Crippen LogP contribution is -2.41. The van der Waals surface area contributed by atoms with Crippen molar-refractivity contribution in [2.24, 2.45) is 5.92 Å². The number of carbonyl (C=O) groups is 1. The molecule has 2 aromatic rings. The molecule has 4 rings (SSSR count). The molecule has 2 aromatic carbocycles. The monoisotopic (exact) mass is 440 g/mol. The second-order valence-electron chi connectivity index (χ2n) is 9.08. The summed E-state index contributed by atoms with van der Waals surface area (Å²) in [5.41, 5.74) is 6.61. The summed E-state index contributed by atoms with van der Waals surface area (Å²) in [5.74, 6) is -0.184. The molecule has 1 amide bonds. The molecule has 1 aliphatic carbocycles. The van der Waals surface area contributed by atoms with Crippen LogP contribution in [-0.2, 0) is 27.7 Å². The minimum atomic E-state index is -3.52. The van der Waals surface area contributed by atoms with Gasteiger partial charge >= 0.3 is 0 Å². The van der Waals surface area contributed by atoms with Crippen LogP contribution in [0, 0.1) is 26.7 Å². The largest absolute Gasteiger partial charge is 0.325 e. The van der Waals surface area contributed by atoms with Gasteiger partial charge in [0.1, 0.15) is 0 Å². The molecule has 1 N–H and O–H groups in total. The predicted octanol–water partition coefficient (Wildman–Crippen LogP) is 4.53. The van der Waals surface area contributed by atoms with Crippen LogP contribution in [0.15, 0.2) is 35.2 Å². The first kappa shape index (κ1) is 22.0. The van der Waals surface area contributed by atoms with Gasteiger partial charge in [-0.05, 0) is 93.7 Å². The van der Waals surface area contributed by atoms with Gasteiger partial charge < -0.3 is 5.32 Å². The van der Waals surface area contributed by atoms with Crippen molar-refractivity contribution in [3.05, 3.63) is 58.1 Å². The van der Waals surface area contributed by atoms with E-state index in [0.29, 0.717) is 30.8 Å². The summed E-state index contributed by atoms with van der Waals surface area (Å²) in [5, 5.41) is 3.09. The zero-order valence-electron chi connectivity index (χ0n) is 18.7. The third-order valence-electron chi connectivity index (χ3n) is 6.71. The van der Waals surface area contributed by atoms with Gasteiger partial charge in [-0.1, -0.05) is 23.8 Å². The van der Waals surface area contributed by atoms with E-state index in [4.69, 9.17) is 0 Å². The van der Waals surface area contributed by atoms with Gasteiger partial charge in [-0.3, -0.25) is 4.79 Å². The second-order valence-corrected chi connectivity index (χ2v) is 11.0. The number of fused-ring (bicyclic) bond motifs is 1. The molecule has 6 heteroatoms. The number of nitrogens with zero attached hydrogens (tertiary/aromatic N) is 1. The van der Waals surface area contributed by atoms with E-state index in [1.807, 2.05) is 32.9 Å². The van der Waals surface area contributed by atoms with Crippen LogP contribution in [0.4, 0.5) is 5.69 Å². The lowest BCUT2D eigenvalue weighted by molar-refractivity contribution is -0.120. The summed E-state index contributed by atoms with van der Waals surface area (Å²) in [6, 6.07) is 9.73. The number of benzene rings is 2. The number of anilines is 1. The maximum atomic E-state index is 13.2. The van der Waals surface area contributed by atoms with E-state index in [0.717, 1.165) is 36.1 Å². The highest BCUT2D eigenvalue weighted by Crippen LogP contribution is 2.29. The maximum absolute atomic E-state index is 13.2. The van der Waals surface area contributed by atoms with Crippen molar-refractivity contribution in [3.63, 3.8) is 0 Å². The average molecular weight is 441 g/mol. The molecule has 0 saturated carbocycles. The van der Waals surface area contributed by atoms with Crippen LogP contribution in [0.25, 0.3) is 0 Å². The molecule has 0 bridgehead atoms. The molecule has 31 heavy (non-hydrogen) atoms. The van der Waals surface area contributed by atoms with Crippen LogP contribution in [-0.4, -0.2) is 31.7 Å². The number of amides is 1. The summed E-state index contributed by atoms with van der Waals surface area (Å²) in [6.07, 6.45) is 5.38. The van der Waals surface area contributed by atoms with E-state index in [2.05, 4.69) is 17.4 Å². The first-order valence-corrected chi connectivity index (χ1v) is 12.7. The summed E-state index contributed by atoms with van der Waals surface area (Å²) >= 11 is 0. The first-order chi connectivity index (χ1) is 14.8. The summed E-state index contributed by atoms with van der Waals surface area (Å²) in [6.45, 7) is 6.81. The average Bonchev–Trinajstić information content (AvgIpc) is 2.75. The molecule has 1 saturated heterocycles. The Morgan fingerprint density at radius 2 is 1.55 bits per heavy atom. The highest BCUT2D eigenvalue weighted by atomic mass is 32.2. The van der Waals surface area contributed by atoms with Crippen molar-refractivity contribution in [3.8, 4) is 0 Å². The van der Waals surface area contributed by atoms with Gasteiger partial charge in [-0.25, -0.2) is 8.42 Å². The van der Waals surface area contributed by atoms with E-state index >= 15 is 0 Å². The minimum Gasteiger partial charge on any atom is -0.325 e. The van der Waals surface area contributed by atoms with Gasteiger partial charge in [0, 0.05) is 24.7 Å². The Hall–Kier alpha value is -2.18. The molecule has 0 unspecified atom stereocenters. The molecular formula is C25H32N2O3S. The SMILES string of the molecule is Cc1cc(C)c(NC(=O)C2CCN(S(=O)(=O)c3ccc4c(c3)CCCC4)CC2)c(C)c1. The number of aryl methyl sites for hydroxylation is 5. The van der Waals surface area contributed by atoms with Crippen LogP contribution in [0.2, 0.25) is 0 Å². The predicted molar refractivity (Wildman–Crippen MR) is 124 cm³/mol. The van der Waals surface area contributed by atoms with Crippen LogP contribution < -0.4 is 5.32 Å². The molecular weight excluding hydrogens is 408 g/mol. The molecule has 0 atom stereocenters. The number of carbonyl (C=O) groups excluding carboxylic acids is 1. The van der Waals surface area contributed by atoms with E-state index in [-0.39, 0.29) is 11.8 Å². The van der Waals surface area contributed by atoms with E-state index in [1.54, 1.807) is 10.4 Å². The lowest BCUT2D eigenvalue weighted by Gasteiger charge is -2.31. The molecule has 1 aliphatic heterocycles. The third-order valence-corrected chi connectivity index (χ3v) is 8.60. The van der Waals surface area contributed by atoms with E-state index in [9.17, 15) is 13.2 Å². The number of hydrogen-bond donors (Lipinski definition) is 1. The summed E-state index contributed by atoms with van der Waals surface area (Å²) in [7, 11) is -3.52. The number of hydrogen-bond acceptors (Lipinski definition) is 3. The summed E-state index contributed by atoms with van der Waals surface area (Å²) < 4.78 is 27.9. The fourth-order valence-corrected chi connectivity index (χ4v) is 6.50. The molecule has 1 heterocycles. The number of rotatable bonds is 4. The van der Waals surface area contributed by atoms with Crippen molar-refractivity contribution in [1.82, 2.24) is 4.31 Å². The molecule has 2 aliphatic rings. The second kappa shape index (κ2) is 8.75. The van der Waals surface area contributed by atoms with Crippen molar-refractivity contribution in [2.45, 2.75) is 64.2 Å². The Morgan fingerprint density at radius 3 is 2.19 bits per heavy atom. The quantitative estimate of drug-likeness (QED) is 0.760. The van der Waals surface area contributed by atoms with Crippen molar-refractivity contribution >= 4 is 21.6 Å². The highest BCUT2D eigenvalue weighted by molar-refractivity contribution is 7.89. The maximum Gasteiger partial charge on any atom is 0.243 e. The molecule has 166 valence electrons. The van der Waals surface area contributed by atoms with Crippen LogP contribution in [0.5, 0.6) is 0 Å². The van der Waals surface area contributed by atoms with E-state index < -0.39 is 10.0 Å². The third kappa shape index (κ3) is 4.55. The molecule has 1 fully saturated rings. The van der Waals surface area contributed by atoms with Gasteiger partial charge in [0.15, 0.2) is 0 Å². The molecule has 0 radical (unpaired) electrons. The van der Waals surface area contributed by atoms with Gasteiger partial charge in [0.05, 0.1) is 4.90 Å². The van der Waals surface area contributed by atoms with Gasteiger partial charge in [-0.15, -0.1) is 0 Å². The zero-order valence-corrected chi connectivity index (χ0v) is 19.5. The Kier molecular flexibility index (Phi) is 6.22. The highest BCUT2D eigenvalue weighted by Gasteiger charge is 2.32. The topological polar surface area (TPSA) is 66.5 Å². The smallest absolute Gasteiger partial charge is 0.243 e. The fraction of sp³-hybridized carbons (Fsp3) is 0.480. The Bertz CT molecular complexity index is 1080. The first-order valence-electron chi connectivity index (χ1n) is 11.3. The van der Waals surface area contributed by atoms with E-state index in [1.165, 1.54) is 23.1 Å². The molecule has 0 aromatic heterocycles. The minimum absolute atomic E-state index is 0.0131. The van der Waals surface area contributed by atoms with Crippen LogP contribution in [0.1, 0.15) is 53.5 Å². The number of sulfonamides is 1. The fourth-order valence-electron chi connectivity index (χ4n) is 4.98. The van der Waals surface area contributed by atoms with Crippen molar-refractivity contribution in [2.75, 3.05) is 18.4 Å². The number of nitrogens with one attached hydrogen (secondary N) is 1. The standard InChI is InChI=1S/C25H32N2O3S/c1-17-14-18(2)24(19(3)15-17)26-25(28)21-10-12-27(13-11-21)31(29,30)23-9-8-20-6-4-5-7-22(20)16-23/h8-9,14-16,21H,4-7,10-13H2,1-3H3,(H,26,28). The van der Waals surface area contributed by atoms with Crippen LogP contribution in [0.3, 0.4) is 0 Å². The molecule has 5 nitrogen and oxygen atoms in total. The van der Waals surface area contributed by atoms with Gasteiger partial charge in [0.2, 0.25) is 15.9 Å². The van der Waals surface area contributed by atoms with Gasteiger partial charge in [-0.2, -0.15) is 4.31 Å². The zero-order chi connectivity index (χ0) is 22.2. The number of piperidine rings is 1. The Labute approximate surface area is 185 Å². The van der Waals surface area contributed by atoms with Crippen LogP contribution >= 0.6 is 0 Å². The Morgan fingerprint density at radius 1 is 0.935 bits per heavy atom. The summed E-state index contributed by atoms with van der Waals surface area (Å²) in [4.78, 5) is 13.3.